The van der Waals surface area contributed by atoms with Gasteiger partial charge in [-0.3, -0.25) is 0 Å². The molecule has 0 aromatic rings. The highest BCUT2D eigenvalue weighted by Crippen LogP contribution is 2.82. The molecule has 1 spiro atoms. The number of aliphatic hydroxyl groups excluding tert-OH is 1. The summed E-state index contributed by atoms with van der Waals surface area (Å²) in [6.45, 7) is 14.6. The molecule has 31 heavy (non-hydrogen) atoms. The molecule has 5 fully saturated rings. The van der Waals surface area contributed by atoms with Crippen LogP contribution in [0.4, 0.5) is 0 Å². The maximum absolute atomic E-state index is 11.2. The van der Waals surface area contributed by atoms with E-state index in [0.29, 0.717) is 46.0 Å². The van der Waals surface area contributed by atoms with Crippen molar-refractivity contribution in [3.05, 3.63) is 0 Å². The predicted molar refractivity (Wildman–Crippen MR) is 128 cm³/mol. The second kappa shape index (κ2) is 7.46. The fourth-order valence-electron chi connectivity index (χ4n) is 10.6. The minimum atomic E-state index is -0.142. The molecule has 0 amide bonds. The Morgan fingerprint density at radius 3 is 2.35 bits per heavy atom. The Balaban J connectivity index is 1.37. The molecule has 0 bridgehead atoms. The minimum absolute atomic E-state index is 0.142. The zero-order valence-electron chi connectivity index (χ0n) is 21.5. The third-order valence-electron chi connectivity index (χ3n) is 12.9. The summed E-state index contributed by atoms with van der Waals surface area (Å²) in [4.78, 5) is 0. The van der Waals surface area contributed by atoms with Crippen LogP contribution in [0.15, 0.2) is 0 Å². The maximum atomic E-state index is 11.2. The molecule has 5 rings (SSSR count). The molecule has 5 saturated carbocycles. The fourth-order valence-corrected chi connectivity index (χ4v) is 10.6. The summed E-state index contributed by atoms with van der Waals surface area (Å²) in [6, 6.07) is 0. The van der Waals surface area contributed by atoms with Crippen molar-refractivity contribution in [2.24, 2.45) is 63.6 Å². The summed E-state index contributed by atoms with van der Waals surface area (Å²) in [5, 5.41) is 11.2. The first kappa shape index (κ1) is 22.7. The van der Waals surface area contributed by atoms with Crippen molar-refractivity contribution >= 4 is 0 Å². The Morgan fingerprint density at radius 2 is 1.71 bits per heavy atom. The van der Waals surface area contributed by atoms with Crippen molar-refractivity contribution in [2.45, 2.75) is 112 Å². The van der Waals surface area contributed by atoms with Crippen molar-refractivity contribution in [1.82, 2.24) is 0 Å². The number of ether oxygens (including phenoxy) is 1. The number of methoxy groups -OCH3 is 1. The summed E-state index contributed by atoms with van der Waals surface area (Å²) >= 11 is 0. The van der Waals surface area contributed by atoms with Gasteiger partial charge in [0.25, 0.3) is 0 Å². The van der Waals surface area contributed by atoms with Gasteiger partial charge in [0.05, 0.1) is 12.2 Å². The molecule has 178 valence electrons. The van der Waals surface area contributed by atoms with Gasteiger partial charge < -0.3 is 9.84 Å². The molecule has 0 heterocycles. The van der Waals surface area contributed by atoms with Gasteiger partial charge in [0, 0.05) is 12.5 Å². The highest BCUT2D eigenvalue weighted by Gasteiger charge is 2.77. The van der Waals surface area contributed by atoms with Gasteiger partial charge in [-0.15, -0.1) is 0 Å². The van der Waals surface area contributed by atoms with Gasteiger partial charge >= 0.3 is 0 Å². The zero-order valence-corrected chi connectivity index (χ0v) is 21.5. The average Bonchev–Trinajstić information content (AvgIpc) is 3.24. The van der Waals surface area contributed by atoms with Gasteiger partial charge in [0.15, 0.2) is 0 Å². The Labute approximate surface area is 192 Å². The third-order valence-corrected chi connectivity index (χ3v) is 12.9. The van der Waals surface area contributed by atoms with Gasteiger partial charge in [-0.05, 0) is 116 Å². The minimum Gasteiger partial charge on any atom is -0.393 e. The number of rotatable bonds is 6. The van der Waals surface area contributed by atoms with E-state index in [4.69, 9.17) is 4.74 Å². The van der Waals surface area contributed by atoms with Gasteiger partial charge in [-0.2, -0.15) is 0 Å². The Hall–Kier alpha value is -0.0800. The molecule has 2 heteroatoms. The lowest BCUT2D eigenvalue weighted by molar-refractivity contribution is -0.162. The van der Waals surface area contributed by atoms with Crippen LogP contribution in [0.2, 0.25) is 0 Å². The summed E-state index contributed by atoms with van der Waals surface area (Å²) in [5.74, 6) is 5.95. The molecule has 0 radical (unpaired) electrons. The predicted octanol–water partition coefficient (Wildman–Crippen LogP) is 6.95. The lowest BCUT2D eigenvalue weighted by Crippen LogP contribution is -2.57. The van der Waals surface area contributed by atoms with Crippen molar-refractivity contribution in [3.8, 4) is 0 Å². The van der Waals surface area contributed by atoms with E-state index in [-0.39, 0.29) is 6.10 Å². The summed E-state index contributed by atoms with van der Waals surface area (Å²) < 4.78 is 6.28. The SMILES string of the molecule is CO[C@@H]1C[C@H]2[C@@H]3CC[C@H]([C@H](C)[C@@H](O)C[C@H](C)C(C)C)[C@@]3(C)CC[C@@H]2[C@@]2(C)CC[C@H]3C[C@]312. The number of hydrogen-bond donors (Lipinski definition) is 1. The fraction of sp³-hybridized carbons (Fsp3) is 1.00. The van der Waals surface area contributed by atoms with E-state index in [9.17, 15) is 5.11 Å². The van der Waals surface area contributed by atoms with Crippen molar-refractivity contribution in [2.75, 3.05) is 7.11 Å². The Morgan fingerprint density at radius 1 is 0.968 bits per heavy atom. The first-order valence-electron chi connectivity index (χ1n) is 13.8. The molecule has 0 aromatic carbocycles. The molecule has 0 aliphatic heterocycles. The molecule has 0 saturated heterocycles. The Kier molecular flexibility index (Phi) is 5.46. The van der Waals surface area contributed by atoms with Crippen molar-refractivity contribution < 1.29 is 9.84 Å². The van der Waals surface area contributed by atoms with Crippen LogP contribution < -0.4 is 0 Å². The van der Waals surface area contributed by atoms with Crippen LogP contribution in [0.1, 0.15) is 99.3 Å². The summed E-state index contributed by atoms with van der Waals surface area (Å²) in [6.07, 6.45) is 12.6. The zero-order chi connectivity index (χ0) is 22.3. The van der Waals surface area contributed by atoms with E-state index in [0.717, 1.165) is 30.1 Å². The monoisotopic (exact) mass is 430 g/mol. The van der Waals surface area contributed by atoms with Crippen LogP contribution in [0.3, 0.4) is 0 Å². The Bertz CT molecular complexity index is 688. The van der Waals surface area contributed by atoms with E-state index in [2.05, 4.69) is 41.5 Å². The second-order valence-electron chi connectivity index (χ2n) is 13.8. The van der Waals surface area contributed by atoms with E-state index in [1.807, 2.05) is 7.11 Å². The van der Waals surface area contributed by atoms with Crippen LogP contribution in [-0.4, -0.2) is 24.4 Å². The van der Waals surface area contributed by atoms with E-state index >= 15 is 0 Å². The number of fused-ring (bicyclic) bond motifs is 4. The van der Waals surface area contributed by atoms with E-state index in [1.54, 1.807) is 0 Å². The molecular weight excluding hydrogens is 380 g/mol. The van der Waals surface area contributed by atoms with Gasteiger partial charge in [-0.1, -0.05) is 41.5 Å². The molecule has 1 N–H and O–H groups in total. The molecule has 12 atom stereocenters. The quantitative estimate of drug-likeness (QED) is 0.494. The van der Waals surface area contributed by atoms with E-state index < -0.39 is 0 Å². The van der Waals surface area contributed by atoms with Crippen LogP contribution in [0.25, 0.3) is 0 Å². The lowest BCUT2D eigenvalue weighted by Gasteiger charge is -2.61. The van der Waals surface area contributed by atoms with Crippen LogP contribution in [0.5, 0.6) is 0 Å². The van der Waals surface area contributed by atoms with Gasteiger partial charge in [0.2, 0.25) is 0 Å². The molecule has 5 aliphatic rings. The molecule has 0 aromatic heterocycles. The largest absolute Gasteiger partial charge is 0.393 e. The van der Waals surface area contributed by atoms with E-state index in [1.165, 1.54) is 51.4 Å². The first-order chi connectivity index (χ1) is 14.6. The highest BCUT2D eigenvalue weighted by molar-refractivity contribution is 5.26. The van der Waals surface area contributed by atoms with Crippen molar-refractivity contribution in [1.29, 1.82) is 0 Å². The molecular formula is C29H50O2. The third kappa shape index (κ3) is 2.95. The first-order valence-corrected chi connectivity index (χ1v) is 13.8. The van der Waals surface area contributed by atoms with Gasteiger partial charge in [0.1, 0.15) is 0 Å². The highest BCUT2D eigenvalue weighted by atomic mass is 16.5. The van der Waals surface area contributed by atoms with Crippen LogP contribution >= 0.6 is 0 Å². The summed E-state index contributed by atoms with van der Waals surface area (Å²) in [7, 11) is 2.00. The summed E-state index contributed by atoms with van der Waals surface area (Å²) in [5.41, 5.74) is 1.48. The normalized spacial score (nSPS) is 53.3. The van der Waals surface area contributed by atoms with Crippen LogP contribution in [-0.2, 0) is 4.74 Å². The standard InChI is InChI=1S/C29H50O2/c1-17(2)18(3)14-25(30)19(4)22-8-9-23-21-15-26(31-7)29-16-20(29)10-13-28(29,6)24(21)11-12-27(22,23)5/h17-26,30H,8-16H2,1-7H3/t18-,19-,20-,21-,22+,23-,24-,25-,26+,27+,28+,29-/m0/s1. The molecule has 0 unspecified atom stereocenters. The molecule has 2 nitrogen and oxygen atoms in total. The maximum Gasteiger partial charge on any atom is 0.0638 e. The smallest absolute Gasteiger partial charge is 0.0638 e. The average molecular weight is 431 g/mol. The second-order valence-corrected chi connectivity index (χ2v) is 13.8. The van der Waals surface area contributed by atoms with Crippen molar-refractivity contribution in [3.63, 3.8) is 0 Å². The van der Waals surface area contributed by atoms with Crippen LogP contribution in [0, 0.1) is 63.6 Å². The number of hydrogen-bond acceptors (Lipinski definition) is 2. The topological polar surface area (TPSA) is 29.5 Å². The number of aliphatic hydroxyl groups is 1. The van der Waals surface area contributed by atoms with Gasteiger partial charge in [-0.25, -0.2) is 0 Å². The lowest BCUT2D eigenvalue weighted by atomic mass is 9.45. The molecule has 5 aliphatic carbocycles.